The third-order valence-electron chi connectivity index (χ3n) is 4.56. The number of aromatic nitrogens is 2. The van der Waals surface area contributed by atoms with Crippen molar-refractivity contribution in [2.75, 3.05) is 6.61 Å². The Hall–Kier alpha value is -2.44. The molecule has 0 saturated heterocycles. The van der Waals surface area contributed by atoms with Crippen molar-refractivity contribution in [2.24, 2.45) is 0 Å². The Morgan fingerprint density at radius 3 is 3.08 bits per heavy atom. The number of nitrogens with zero attached hydrogens (tertiary/aromatic N) is 2. The second kappa shape index (κ2) is 5.58. The zero-order chi connectivity index (χ0) is 16.7. The summed E-state index contributed by atoms with van der Waals surface area (Å²) in [5.41, 5.74) is 2.10. The third kappa shape index (κ3) is 2.74. The molecule has 2 aromatic rings. The van der Waals surface area contributed by atoms with Crippen LogP contribution in [-0.2, 0) is 6.54 Å². The van der Waals surface area contributed by atoms with Gasteiger partial charge < -0.3 is 14.6 Å². The quantitative estimate of drug-likeness (QED) is 0.919. The van der Waals surface area contributed by atoms with E-state index in [1.165, 1.54) is 0 Å². The van der Waals surface area contributed by atoms with Crippen molar-refractivity contribution in [3.63, 3.8) is 0 Å². The van der Waals surface area contributed by atoms with E-state index in [0.717, 1.165) is 11.3 Å². The summed E-state index contributed by atoms with van der Waals surface area (Å²) >= 11 is 0. The number of carbonyl (C=O) groups is 1. The molecule has 2 heterocycles. The van der Waals surface area contributed by atoms with Crippen LogP contribution in [0.25, 0.3) is 11.3 Å². The highest BCUT2D eigenvalue weighted by Crippen LogP contribution is 2.35. The van der Waals surface area contributed by atoms with Crippen LogP contribution in [0.1, 0.15) is 29.6 Å². The molecule has 0 radical (unpaired) electrons. The summed E-state index contributed by atoms with van der Waals surface area (Å²) in [4.78, 5) is 16.6. The SMILES string of the molecule is O=C(N[C@@H]1CCC(F)(F)C1)c1ccc2c(c1)-c1cncn1CCO2. The molecule has 2 aliphatic rings. The molecule has 0 bridgehead atoms. The van der Waals surface area contributed by atoms with Crippen LogP contribution in [0.5, 0.6) is 5.75 Å². The average Bonchev–Trinajstić information content (AvgIpc) is 3.09. The fourth-order valence-corrected chi connectivity index (χ4v) is 3.32. The van der Waals surface area contributed by atoms with Crippen molar-refractivity contribution in [1.82, 2.24) is 14.9 Å². The predicted molar refractivity (Wildman–Crippen MR) is 83.2 cm³/mol. The highest BCUT2D eigenvalue weighted by Gasteiger charge is 2.40. The van der Waals surface area contributed by atoms with Gasteiger partial charge in [-0.2, -0.15) is 0 Å². The summed E-state index contributed by atoms with van der Waals surface area (Å²) in [5.74, 6) is -2.32. The van der Waals surface area contributed by atoms with Gasteiger partial charge in [0.1, 0.15) is 12.4 Å². The number of rotatable bonds is 2. The van der Waals surface area contributed by atoms with Gasteiger partial charge >= 0.3 is 0 Å². The van der Waals surface area contributed by atoms with Crippen molar-refractivity contribution in [2.45, 2.75) is 37.8 Å². The number of fused-ring (bicyclic) bond motifs is 3. The second-order valence-corrected chi connectivity index (χ2v) is 6.30. The van der Waals surface area contributed by atoms with E-state index in [-0.39, 0.29) is 18.7 Å². The molecule has 1 aromatic carbocycles. The normalized spacial score (nSPS) is 21.3. The van der Waals surface area contributed by atoms with E-state index in [4.69, 9.17) is 4.74 Å². The maximum atomic E-state index is 13.3. The van der Waals surface area contributed by atoms with Crippen LogP contribution in [0.15, 0.2) is 30.7 Å². The molecule has 24 heavy (non-hydrogen) atoms. The van der Waals surface area contributed by atoms with Crippen molar-refractivity contribution in [1.29, 1.82) is 0 Å². The number of alkyl halides is 2. The van der Waals surface area contributed by atoms with Crippen LogP contribution in [0.4, 0.5) is 8.78 Å². The minimum atomic E-state index is -2.67. The number of carbonyl (C=O) groups excluding carboxylic acids is 1. The van der Waals surface area contributed by atoms with Gasteiger partial charge in [0, 0.05) is 30.0 Å². The number of ether oxygens (including phenoxy) is 1. The standard InChI is InChI=1S/C17H17F2N3O2/c18-17(19)4-3-12(8-17)21-16(23)11-1-2-15-13(7-11)14-9-20-10-22(14)5-6-24-15/h1-2,7,9-10,12H,3-6,8H2,(H,21,23)/t12-/m1/s1. The summed E-state index contributed by atoms with van der Waals surface area (Å²) in [5, 5.41) is 2.71. The monoisotopic (exact) mass is 333 g/mol. The molecule has 1 fully saturated rings. The lowest BCUT2D eigenvalue weighted by Crippen LogP contribution is -2.33. The first kappa shape index (κ1) is 15.1. The third-order valence-corrected chi connectivity index (χ3v) is 4.56. The molecule has 1 N–H and O–H groups in total. The molecule has 1 atom stereocenters. The predicted octanol–water partition coefficient (Wildman–Crippen LogP) is 2.86. The van der Waals surface area contributed by atoms with Gasteiger partial charge in [-0.3, -0.25) is 4.79 Å². The fourth-order valence-electron chi connectivity index (χ4n) is 3.32. The number of hydrogen-bond donors (Lipinski definition) is 1. The minimum Gasteiger partial charge on any atom is -0.491 e. The summed E-state index contributed by atoms with van der Waals surface area (Å²) in [6.45, 7) is 1.21. The molecule has 5 nitrogen and oxygen atoms in total. The van der Waals surface area contributed by atoms with Gasteiger partial charge in [0.15, 0.2) is 0 Å². The summed E-state index contributed by atoms with van der Waals surface area (Å²) in [7, 11) is 0. The first-order valence-corrected chi connectivity index (χ1v) is 7.98. The Morgan fingerprint density at radius 2 is 2.29 bits per heavy atom. The van der Waals surface area contributed by atoms with Gasteiger partial charge in [-0.05, 0) is 24.6 Å². The number of benzene rings is 1. The van der Waals surface area contributed by atoms with Crippen molar-refractivity contribution >= 4 is 5.91 Å². The van der Waals surface area contributed by atoms with E-state index < -0.39 is 12.0 Å². The molecule has 0 unspecified atom stereocenters. The molecule has 1 aliphatic carbocycles. The molecular weight excluding hydrogens is 316 g/mol. The second-order valence-electron chi connectivity index (χ2n) is 6.30. The molecule has 1 saturated carbocycles. The molecule has 4 rings (SSSR count). The summed E-state index contributed by atoms with van der Waals surface area (Å²) in [6.07, 6.45) is 3.29. The zero-order valence-electron chi connectivity index (χ0n) is 13.0. The molecule has 1 aliphatic heterocycles. The Balaban J connectivity index is 1.59. The van der Waals surface area contributed by atoms with Crippen LogP contribution < -0.4 is 10.1 Å². The maximum absolute atomic E-state index is 13.3. The molecule has 0 spiro atoms. The Kier molecular flexibility index (Phi) is 3.51. The van der Waals surface area contributed by atoms with Crippen molar-refractivity contribution in [3.05, 3.63) is 36.3 Å². The lowest BCUT2D eigenvalue weighted by atomic mass is 10.1. The summed E-state index contributed by atoms with van der Waals surface area (Å²) in [6, 6.07) is 4.66. The Morgan fingerprint density at radius 1 is 1.42 bits per heavy atom. The number of amides is 1. The van der Waals surface area contributed by atoms with Crippen LogP contribution >= 0.6 is 0 Å². The van der Waals surface area contributed by atoms with Gasteiger partial charge in [-0.1, -0.05) is 0 Å². The van der Waals surface area contributed by atoms with Crippen LogP contribution in [0.2, 0.25) is 0 Å². The lowest BCUT2D eigenvalue weighted by molar-refractivity contribution is 0.00711. The van der Waals surface area contributed by atoms with Crippen LogP contribution in [0.3, 0.4) is 0 Å². The Labute approximate surface area is 137 Å². The van der Waals surface area contributed by atoms with Crippen molar-refractivity contribution in [3.8, 4) is 17.0 Å². The molecule has 1 aromatic heterocycles. The summed E-state index contributed by atoms with van der Waals surface area (Å²) < 4.78 is 34.2. The molecular formula is C17H17F2N3O2. The fraction of sp³-hybridized carbons (Fsp3) is 0.412. The van der Waals surface area contributed by atoms with E-state index in [1.54, 1.807) is 30.7 Å². The number of imidazole rings is 1. The minimum absolute atomic E-state index is 0.171. The van der Waals surface area contributed by atoms with Gasteiger partial charge in [-0.25, -0.2) is 13.8 Å². The van der Waals surface area contributed by atoms with Crippen LogP contribution in [0, 0.1) is 0 Å². The van der Waals surface area contributed by atoms with Crippen LogP contribution in [-0.4, -0.2) is 34.0 Å². The average molecular weight is 333 g/mol. The zero-order valence-corrected chi connectivity index (χ0v) is 13.0. The first-order chi connectivity index (χ1) is 11.5. The van der Waals surface area contributed by atoms with Gasteiger partial charge in [-0.15, -0.1) is 0 Å². The van der Waals surface area contributed by atoms with E-state index in [9.17, 15) is 13.6 Å². The molecule has 126 valence electrons. The Bertz CT molecular complexity index is 788. The van der Waals surface area contributed by atoms with Gasteiger partial charge in [0.25, 0.3) is 5.91 Å². The number of nitrogens with one attached hydrogen (secondary N) is 1. The van der Waals surface area contributed by atoms with E-state index in [1.807, 2.05) is 4.57 Å². The van der Waals surface area contributed by atoms with E-state index >= 15 is 0 Å². The highest BCUT2D eigenvalue weighted by atomic mass is 19.3. The smallest absolute Gasteiger partial charge is 0.251 e. The van der Waals surface area contributed by atoms with Gasteiger partial charge in [0.05, 0.1) is 24.8 Å². The van der Waals surface area contributed by atoms with E-state index in [2.05, 4.69) is 10.3 Å². The first-order valence-electron chi connectivity index (χ1n) is 7.98. The molecule has 7 heteroatoms. The number of hydrogen-bond acceptors (Lipinski definition) is 3. The topological polar surface area (TPSA) is 56.2 Å². The van der Waals surface area contributed by atoms with E-state index in [0.29, 0.717) is 30.9 Å². The lowest BCUT2D eigenvalue weighted by Gasteiger charge is -2.14. The maximum Gasteiger partial charge on any atom is 0.251 e. The molecule has 1 amide bonds. The largest absolute Gasteiger partial charge is 0.491 e. The highest BCUT2D eigenvalue weighted by molar-refractivity contribution is 5.96. The van der Waals surface area contributed by atoms with Crippen molar-refractivity contribution < 1.29 is 18.3 Å². The number of halogens is 2. The van der Waals surface area contributed by atoms with Gasteiger partial charge in [0.2, 0.25) is 5.92 Å².